The number of piperidine rings is 1. The number of allylic oxidation sites excluding steroid dienone is 2. The van der Waals surface area contributed by atoms with Crippen LogP contribution in [-0.2, 0) is 30.3 Å². The van der Waals surface area contributed by atoms with Crippen molar-refractivity contribution in [3.8, 4) is 5.75 Å². The Morgan fingerprint density at radius 1 is 1.07 bits per heavy atom. The molecule has 3 aliphatic rings. The molecule has 9 heteroatoms. The number of ether oxygens (including phenoxy) is 2. The highest BCUT2D eigenvalue weighted by atomic mass is 16.6. The molecular weight excluding hydrogens is 548 g/mol. The number of epoxide rings is 1. The van der Waals surface area contributed by atoms with E-state index in [1.807, 2.05) is 36.1 Å². The minimum atomic E-state index is -0.844. The second-order valence-electron chi connectivity index (χ2n) is 13.2. The summed E-state index contributed by atoms with van der Waals surface area (Å²) in [6.07, 6.45) is 7.24. The number of carbonyl (C=O) groups excluding carboxylic acids is 4. The molecule has 9 nitrogen and oxygen atoms in total. The van der Waals surface area contributed by atoms with E-state index >= 15 is 0 Å². The van der Waals surface area contributed by atoms with Crippen LogP contribution in [0.2, 0.25) is 0 Å². The third kappa shape index (κ3) is 9.55. The van der Waals surface area contributed by atoms with Gasteiger partial charge in [0.25, 0.3) is 0 Å². The van der Waals surface area contributed by atoms with Crippen LogP contribution in [0.4, 0.5) is 0 Å². The first-order chi connectivity index (χ1) is 20.4. The van der Waals surface area contributed by atoms with Gasteiger partial charge in [-0.2, -0.15) is 0 Å². The van der Waals surface area contributed by atoms with Crippen LogP contribution >= 0.6 is 0 Å². The number of ketones is 3. The first-order valence-electron chi connectivity index (χ1n) is 15.7. The van der Waals surface area contributed by atoms with Gasteiger partial charge in [0, 0.05) is 37.8 Å². The van der Waals surface area contributed by atoms with Gasteiger partial charge in [-0.05, 0) is 76.5 Å². The van der Waals surface area contributed by atoms with Crippen LogP contribution in [0.3, 0.4) is 0 Å². The highest BCUT2D eigenvalue weighted by Gasteiger charge is 2.50. The number of methoxy groups -OCH3 is 1. The maximum absolute atomic E-state index is 13.9. The van der Waals surface area contributed by atoms with Gasteiger partial charge in [0.1, 0.15) is 17.1 Å². The lowest BCUT2D eigenvalue weighted by atomic mass is 9.83. The maximum Gasteiger partial charge on any atom is 0.223 e. The summed E-state index contributed by atoms with van der Waals surface area (Å²) < 4.78 is 10.7. The molecule has 1 aliphatic carbocycles. The molecule has 0 spiro atoms. The van der Waals surface area contributed by atoms with Gasteiger partial charge in [-0.25, -0.2) is 0 Å². The van der Waals surface area contributed by atoms with Crippen LogP contribution in [0.5, 0.6) is 5.75 Å². The van der Waals surface area contributed by atoms with Crippen molar-refractivity contribution in [2.75, 3.05) is 33.4 Å². The summed E-state index contributed by atoms with van der Waals surface area (Å²) >= 11 is 0. The highest BCUT2D eigenvalue weighted by molar-refractivity contribution is 5.97. The SMILES string of the molecule is COc1ccc(C[C@H](NC(=O)[C@H](C)CC(=O)CN2CCC(C)(O)CC2)C(=O)C[C@@H](CC2=CCCC2)C(=O)[C@@]2(C)CO2)cc1. The Labute approximate surface area is 255 Å². The predicted molar refractivity (Wildman–Crippen MR) is 163 cm³/mol. The van der Waals surface area contributed by atoms with E-state index in [4.69, 9.17) is 9.47 Å². The van der Waals surface area contributed by atoms with E-state index in [1.54, 1.807) is 21.0 Å². The number of amides is 1. The lowest BCUT2D eigenvalue weighted by molar-refractivity contribution is -0.134. The third-order valence-corrected chi connectivity index (χ3v) is 9.18. The Kier molecular flexibility index (Phi) is 11.0. The number of aliphatic hydroxyl groups is 1. The van der Waals surface area contributed by atoms with Crippen LogP contribution in [0, 0.1) is 11.8 Å². The average molecular weight is 597 g/mol. The molecule has 236 valence electrons. The Morgan fingerprint density at radius 3 is 2.33 bits per heavy atom. The second kappa shape index (κ2) is 14.3. The van der Waals surface area contributed by atoms with Crippen LogP contribution in [0.1, 0.15) is 77.7 Å². The molecule has 1 amide bonds. The molecular formula is C34H48N2O7. The van der Waals surface area contributed by atoms with Gasteiger partial charge < -0.3 is 19.9 Å². The molecule has 2 saturated heterocycles. The Morgan fingerprint density at radius 2 is 1.74 bits per heavy atom. The van der Waals surface area contributed by atoms with Gasteiger partial charge in [-0.15, -0.1) is 0 Å². The molecule has 1 aromatic carbocycles. The maximum atomic E-state index is 13.9. The van der Waals surface area contributed by atoms with Gasteiger partial charge in [-0.1, -0.05) is 30.7 Å². The molecule has 4 atom stereocenters. The molecule has 2 N–H and O–H groups in total. The molecule has 0 saturated carbocycles. The zero-order chi connectivity index (χ0) is 31.2. The number of hydrogen-bond acceptors (Lipinski definition) is 8. The van der Waals surface area contributed by atoms with E-state index in [-0.39, 0.29) is 49.1 Å². The van der Waals surface area contributed by atoms with E-state index in [9.17, 15) is 24.3 Å². The van der Waals surface area contributed by atoms with Crippen molar-refractivity contribution in [2.45, 2.75) is 95.8 Å². The fourth-order valence-corrected chi connectivity index (χ4v) is 6.06. The largest absolute Gasteiger partial charge is 0.497 e. The number of carbonyl (C=O) groups is 4. The fraction of sp³-hybridized carbons (Fsp3) is 0.647. The number of nitrogens with one attached hydrogen (secondary N) is 1. The minimum absolute atomic E-state index is 0.0161. The molecule has 4 rings (SSSR count). The number of rotatable bonds is 16. The summed E-state index contributed by atoms with van der Waals surface area (Å²) in [6, 6.07) is 6.50. The van der Waals surface area contributed by atoms with E-state index in [0.29, 0.717) is 44.7 Å². The van der Waals surface area contributed by atoms with Crippen molar-refractivity contribution < 1.29 is 33.8 Å². The average Bonchev–Trinajstić information content (AvgIpc) is 3.51. The molecule has 2 heterocycles. The zero-order valence-electron chi connectivity index (χ0n) is 26.2. The smallest absolute Gasteiger partial charge is 0.223 e. The van der Waals surface area contributed by atoms with Gasteiger partial charge in [-0.3, -0.25) is 24.1 Å². The molecule has 0 unspecified atom stereocenters. The normalized spacial score (nSPS) is 23.5. The van der Waals surface area contributed by atoms with Gasteiger partial charge in [0.2, 0.25) is 5.91 Å². The topological polar surface area (TPSA) is 126 Å². The molecule has 43 heavy (non-hydrogen) atoms. The fourth-order valence-electron chi connectivity index (χ4n) is 6.06. The van der Waals surface area contributed by atoms with Crippen LogP contribution in [0.15, 0.2) is 35.9 Å². The third-order valence-electron chi connectivity index (χ3n) is 9.18. The summed E-state index contributed by atoms with van der Waals surface area (Å²) in [6.45, 7) is 7.17. The lowest BCUT2D eigenvalue weighted by Gasteiger charge is -2.35. The Hall–Kier alpha value is -2.88. The molecule has 0 bridgehead atoms. The predicted octanol–water partition coefficient (Wildman–Crippen LogP) is 3.60. The molecule has 2 fully saturated rings. The van der Waals surface area contributed by atoms with Crippen molar-refractivity contribution in [3.05, 3.63) is 41.5 Å². The molecule has 2 aliphatic heterocycles. The van der Waals surface area contributed by atoms with E-state index in [2.05, 4.69) is 11.4 Å². The van der Waals surface area contributed by atoms with Gasteiger partial charge in [0.05, 0.1) is 31.9 Å². The van der Waals surface area contributed by atoms with E-state index in [1.165, 1.54) is 5.57 Å². The summed E-state index contributed by atoms with van der Waals surface area (Å²) in [5.74, 6) is -1.11. The zero-order valence-corrected chi connectivity index (χ0v) is 26.2. The number of nitrogens with zero attached hydrogens (tertiary/aromatic N) is 1. The van der Waals surface area contributed by atoms with Crippen molar-refractivity contribution in [1.82, 2.24) is 10.2 Å². The van der Waals surface area contributed by atoms with Crippen molar-refractivity contribution in [2.24, 2.45) is 11.8 Å². The summed E-state index contributed by atoms with van der Waals surface area (Å²) in [7, 11) is 1.58. The first kappa shape index (κ1) is 33.0. The lowest BCUT2D eigenvalue weighted by Crippen LogP contribution is -2.47. The van der Waals surface area contributed by atoms with Gasteiger partial charge in [0.15, 0.2) is 11.6 Å². The van der Waals surface area contributed by atoms with Crippen molar-refractivity contribution >= 4 is 23.3 Å². The van der Waals surface area contributed by atoms with Crippen molar-refractivity contribution in [3.63, 3.8) is 0 Å². The first-order valence-corrected chi connectivity index (χ1v) is 15.7. The van der Waals surface area contributed by atoms with Crippen LogP contribution < -0.4 is 10.1 Å². The number of Topliss-reactive ketones (excluding diaryl/α,β-unsaturated/α-hetero) is 3. The molecule has 1 aromatic rings. The highest BCUT2D eigenvalue weighted by Crippen LogP contribution is 2.35. The Bertz CT molecular complexity index is 1190. The summed E-state index contributed by atoms with van der Waals surface area (Å²) in [5, 5.41) is 13.1. The van der Waals surface area contributed by atoms with Crippen LogP contribution in [-0.4, -0.2) is 83.9 Å². The van der Waals surface area contributed by atoms with E-state index in [0.717, 1.165) is 24.8 Å². The summed E-state index contributed by atoms with van der Waals surface area (Å²) in [5.41, 5.74) is 0.524. The number of likely N-dealkylation sites (tertiary alicyclic amines) is 1. The Balaban J connectivity index is 1.42. The standard InChI is InChI=1S/C34H48N2O7/c1-23(17-27(37)21-36-15-13-33(2,41)14-16-36)32(40)35-29(19-25-9-11-28(42-4)12-10-25)30(38)20-26(18-24-7-5-6-8-24)31(39)34(3)22-43-34/h7,9-12,23,26,29,41H,5-6,8,13-22H2,1-4H3,(H,35,40)/t23-,26-,29+,34-/m1/s1. The number of benzene rings is 1. The second-order valence-corrected chi connectivity index (χ2v) is 13.2. The minimum Gasteiger partial charge on any atom is -0.497 e. The molecule has 0 aromatic heterocycles. The van der Waals surface area contributed by atoms with E-state index < -0.39 is 29.1 Å². The quantitative estimate of drug-likeness (QED) is 0.219. The monoisotopic (exact) mass is 596 g/mol. The van der Waals surface area contributed by atoms with Crippen molar-refractivity contribution in [1.29, 1.82) is 0 Å². The van der Waals surface area contributed by atoms with Crippen LogP contribution in [0.25, 0.3) is 0 Å². The summed E-state index contributed by atoms with van der Waals surface area (Å²) in [4.78, 5) is 55.4. The number of hydrogen-bond donors (Lipinski definition) is 2. The molecule has 0 radical (unpaired) electrons. The van der Waals surface area contributed by atoms with Gasteiger partial charge >= 0.3 is 0 Å².